The monoisotopic (exact) mass is 464 g/mol. The zero-order valence-corrected chi connectivity index (χ0v) is 19.6. The van der Waals surface area contributed by atoms with Crippen LogP contribution in [-0.4, -0.2) is 56.7 Å². The van der Waals surface area contributed by atoms with E-state index in [4.69, 9.17) is 0 Å². The molecule has 1 aromatic heterocycles. The van der Waals surface area contributed by atoms with Gasteiger partial charge in [0.1, 0.15) is 11.4 Å². The van der Waals surface area contributed by atoms with Crippen LogP contribution in [0, 0.1) is 5.82 Å². The van der Waals surface area contributed by atoms with Crippen molar-refractivity contribution in [3.8, 4) is 11.4 Å². The lowest BCUT2D eigenvalue weighted by atomic mass is 10.0. The Kier molecular flexibility index (Phi) is 6.74. The third-order valence-corrected chi connectivity index (χ3v) is 6.00. The number of aromatic nitrogens is 3. The highest BCUT2D eigenvalue weighted by atomic mass is 19.1. The molecule has 1 aliphatic heterocycles. The molecule has 0 saturated carbocycles. The van der Waals surface area contributed by atoms with E-state index in [1.807, 2.05) is 42.3 Å². The van der Waals surface area contributed by atoms with Crippen LogP contribution >= 0.6 is 0 Å². The number of likely N-dealkylation sites (tertiary alicyclic amines) is 1. The number of hydrogen-bond donors (Lipinski definition) is 2. The number of hydrogen-bond acceptors (Lipinski definition) is 5. The summed E-state index contributed by atoms with van der Waals surface area (Å²) in [7, 11) is 1.91. The summed E-state index contributed by atoms with van der Waals surface area (Å²) in [6, 6.07) is 15.4. The second kappa shape index (κ2) is 9.72. The van der Waals surface area contributed by atoms with Gasteiger partial charge in [-0.2, -0.15) is 4.98 Å². The van der Waals surface area contributed by atoms with Crippen molar-refractivity contribution >= 4 is 17.8 Å². The first-order chi connectivity index (χ1) is 16.2. The minimum Gasteiger partial charge on any atom is -0.341 e. The van der Waals surface area contributed by atoms with Crippen LogP contribution in [0.3, 0.4) is 0 Å². The van der Waals surface area contributed by atoms with Crippen LogP contribution in [0.25, 0.3) is 11.4 Å². The average molecular weight is 465 g/mol. The Labute approximate surface area is 198 Å². The number of nitrogens with one attached hydrogen (secondary N) is 2. The van der Waals surface area contributed by atoms with Gasteiger partial charge in [-0.15, -0.1) is 5.10 Å². The molecule has 8 nitrogen and oxygen atoms in total. The normalized spacial score (nSPS) is 16.4. The van der Waals surface area contributed by atoms with Gasteiger partial charge in [0.05, 0.1) is 12.6 Å². The van der Waals surface area contributed by atoms with Gasteiger partial charge >= 0.3 is 0 Å². The average Bonchev–Trinajstić information content (AvgIpc) is 3.40. The number of halogens is 1. The number of rotatable bonds is 7. The van der Waals surface area contributed by atoms with E-state index in [1.165, 1.54) is 12.1 Å². The summed E-state index contributed by atoms with van der Waals surface area (Å²) in [4.78, 5) is 32.2. The van der Waals surface area contributed by atoms with E-state index in [0.717, 1.165) is 24.9 Å². The van der Waals surface area contributed by atoms with E-state index >= 15 is 0 Å². The summed E-state index contributed by atoms with van der Waals surface area (Å²) in [6.45, 7) is 4.58. The van der Waals surface area contributed by atoms with Crippen molar-refractivity contribution in [2.24, 2.45) is 0 Å². The Hall–Kier alpha value is -3.59. The first kappa shape index (κ1) is 23.6. The topological polar surface area (TPSA) is 92.2 Å². The minimum absolute atomic E-state index is 0.112. The Morgan fingerprint density at radius 3 is 2.47 bits per heavy atom. The summed E-state index contributed by atoms with van der Waals surface area (Å²) in [5.41, 5.74) is 0.505. The molecule has 3 aromatic rings. The van der Waals surface area contributed by atoms with Gasteiger partial charge in [0.15, 0.2) is 5.82 Å². The second-order valence-electron chi connectivity index (χ2n) is 9.12. The fraction of sp³-hybridized carbons (Fsp3) is 0.360. The summed E-state index contributed by atoms with van der Waals surface area (Å²) in [6.07, 6.45) is 1.72. The number of anilines is 1. The number of carbonyl (C=O) groups excluding carboxylic acids is 2. The summed E-state index contributed by atoms with van der Waals surface area (Å²) < 4.78 is 15.1. The second-order valence-corrected chi connectivity index (χ2v) is 9.12. The molecule has 1 atom stereocenters. The van der Waals surface area contributed by atoms with Gasteiger partial charge in [-0.3, -0.25) is 19.8 Å². The van der Waals surface area contributed by atoms with Crippen LogP contribution in [0.1, 0.15) is 32.3 Å². The Morgan fingerprint density at radius 2 is 1.82 bits per heavy atom. The maximum absolute atomic E-state index is 13.5. The van der Waals surface area contributed by atoms with Crippen molar-refractivity contribution in [3.05, 3.63) is 66.0 Å². The van der Waals surface area contributed by atoms with Crippen molar-refractivity contribution in [2.75, 3.05) is 18.9 Å². The van der Waals surface area contributed by atoms with Crippen molar-refractivity contribution in [1.82, 2.24) is 25.0 Å². The highest BCUT2D eigenvalue weighted by Crippen LogP contribution is 2.22. The molecule has 0 aliphatic carbocycles. The molecule has 2 aromatic carbocycles. The molecule has 1 aliphatic rings. The first-order valence-corrected chi connectivity index (χ1v) is 11.3. The zero-order valence-electron chi connectivity index (χ0n) is 19.6. The molecule has 1 saturated heterocycles. The smallest absolute Gasteiger partial charge is 0.251 e. The fourth-order valence-corrected chi connectivity index (χ4v) is 4.02. The van der Waals surface area contributed by atoms with Crippen molar-refractivity contribution in [1.29, 1.82) is 0 Å². The van der Waals surface area contributed by atoms with Crippen LogP contribution in [0.5, 0.6) is 0 Å². The van der Waals surface area contributed by atoms with Crippen LogP contribution < -0.4 is 10.6 Å². The van der Waals surface area contributed by atoms with Crippen molar-refractivity contribution in [3.63, 3.8) is 0 Å². The molecular weight excluding hydrogens is 435 g/mol. The molecule has 34 heavy (non-hydrogen) atoms. The van der Waals surface area contributed by atoms with Gasteiger partial charge in [0.2, 0.25) is 11.9 Å². The van der Waals surface area contributed by atoms with Crippen LogP contribution in [0.2, 0.25) is 0 Å². The van der Waals surface area contributed by atoms with E-state index in [-0.39, 0.29) is 23.7 Å². The number of benzene rings is 2. The number of carbonyl (C=O) groups is 2. The van der Waals surface area contributed by atoms with Crippen LogP contribution in [0.15, 0.2) is 54.6 Å². The predicted octanol–water partition coefficient (Wildman–Crippen LogP) is 3.06. The molecule has 0 bridgehead atoms. The van der Waals surface area contributed by atoms with E-state index in [9.17, 15) is 14.0 Å². The Morgan fingerprint density at radius 1 is 1.12 bits per heavy atom. The summed E-state index contributed by atoms with van der Waals surface area (Å²) >= 11 is 0. The highest BCUT2D eigenvalue weighted by molar-refractivity contribution is 5.99. The van der Waals surface area contributed by atoms with Gasteiger partial charge in [-0.1, -0.05) is 30.3 Å². The lowest BCUT2D eigenvalue weighted by Gasteiger charge is -2.28. The third-order valence-electron chi connectivity index (χ3n) is 6.00. The molecule has 1 fully saturated rings. The number of amides is 2. The zero-order chi connectivity index (χ0) is 24.3. The largest absolute Gasteiger partial charge is 0.341 e. The Balaban J connectivity index is 1.54. The highest BCUT2D eigenvalue weighted by Gasteiger charge is 2.35. The molecular formula is C25H29FN6O2. The van der Waals surface area contributed by atoms with E-state index in [0.29, 0.717) is 17.9 Å². The van der Waals surface area contributed by atoms with Crippen molar-refractivity contribution < 1.29 is 14.0 Å². The standard InChI is InChI=1S/C25H29FN6O2/c1-25(2,29-22(33)20-10-7-15-31(20)3)23(34)28-24-27-21(18-11-13-19(26)14-12-18)32(30-24)16-17-8-5-4-6-9-17/h4-6,8-9,11-14,20H,7,10,15-16H2,1-3H3,(H,29,33)(H,28,30,34). The molecule has 2 amide bonds. The predicted molar refractivity (Wildman–Crippen MR) is 127 cm³/mol. The van der Waals surface area contributed by atoms with Gasteiger partial charge < -0.3 is 5.32 Å². The fourth-order valence-electron chi connectivity index (χ4n) is 4.02. The lowest BCUT2D eigenvalue weighted by molar-refractivity contribution is -0.131. The molecule has 1 unspecified atom stereocenters. The molecule has 9 heteroatoms. The van der Waals surface area contributed by atoms with Gasteiger partial charge in [-0.05, 0) is 70.1 Å². The summed E-state index contributed by atoms with van der Waals surface area (Å²) in [5, 5.41) is 10.1. The van der Waals surface area contributed by atoms with E-state index < -0.39 is 11.4 Å². The maximum Gasteiger partial charge on any atom is 0.251 e. The quantitative estimate of drug-likeness (QED) is 0.561. The SMILES string of the molecule is CN1CCCC1C(=O)NC(C)(C)C(=O)Nc1nc(-c2ccc(F)cc2)n(Cc2ccccc2)n1. The lowest BCUT2D eigenvalue weighted by Crippen LogP contribution is -2.56. The molecule has 4 rings (SSSR count). The minimum atomic E-state index is -1.17. The molecule has 178 valence electrons. The van der Waals surface area contributed by atoms with Crippen LogP contribution in [-0.2, 0) is 16.1 Å². The summed E-state index contributed by atoms with van der Waals surface area (Å²) in [5.74, 6) is -0.343. The number of likely N-dealkylation sites (N-methyl/N-ethyl adjacent to an activating group) is 1. The van der Waals surface area contributed by atoms with E-state index in [2.05, 4.69) is 20.7 Å². The van der Waals surface area contributed by atoms with Crippen molar-refractivity contribution in [2.45, 2.75) is 44.8 Å². The van der Waals surface area contributed by atoms with E-state index in [1.54, 1.807) is 30.7 Å². The van der Waals surface area contributed by atoms with Gasteiger partial charge in [-0.25, -0.2) is 9.07 Å². The molecule has 0 radical (unpaired) electrons. The Bertz CT molecular complexity index is 1160. The number of nitrogens with zero attached hydrogens (tertiary/aromatic N) is 4. The first-order valence-electron chi connectivity index (χ1n) is 11.3. The van der Waals surface area contributed by atoms with Gasteiger partial charge in [0.25, 0.3) is 5.91 Å². The van der Waals surface area contributed by atoms with Crippen LogP contribution in [0.4, 0.5) is 10.3 Å². The molecule has 2 N–H and O–H groups in total. The third kappa shape index (κ3) is 5.31. The van der Waals surface area contributed by atoms with Gasteiger partial charge in [0, 0.05) is 5.56 Å². The molecule has 0 spiro atoms. The maximum atomic E-state index is 13.5. The molecule has 2 heterocycles.